The Hall–Kier alpha value is -1.27. The summed E-state index contributed by atoms with van der Waals surface area (Å²) in [6.07, 6.45) is -3.75. The number of sulfone groups is 1. The Balaban J connectivity index is 3.58. The van der Waals surface area contributed by atoms with E-state index in [1.165, 1.54) is 0 Å². The van der Waals surface area contributed by atoms with Gasteiger partial charge in [0.15, 0.2) is 11.5 Å². The lowest BCUT2D eigenvalue weighted by Gasteiger charge is -2.15. The van der Waals surface area contributed by atoms with E-state index < -0.39 is 65.3 Å². The Morgan fingerprint density at radius 3 is 3.00 bits per heavy atom. The second-order valence-corrected chi connectivity index (χ2v) is 4.35. The number of hydrogen-bond acceptors (Lipinski definition) is 5. The number of rotatable bonds is 6. The quantitative estimate of drug-likeness (QED) is 0.848. The molecule has 0 spiro atoms. The van der Waals surface area contributed by atoms with Crippen molar-refractivity contribution in [3.05, 3.63) is 23.8 Å². The van der Waals surface area contributed by atoms with E-state index in [-0.39, 0.29) is 0 Å². The molecular formula is C12H19NO4S. The van der Waals surface area contributed by atoms with Gasteiger partial charge in [-0.3, -0.25) is 0 Å². The van der Waals surface area contributed by atoms with Crippen molar-refractivity contribution in [3.63, 3.8) is 0 Å². The summed E-state index contributed by atoms with van der Waals surface area (Å²) in [5.41, 5.74) is 1.62. The predicted octanol–water partition coefficient (Wildman–Crippen LogP) is 1.14. The largest absolute Gasteiger partial charge is 0.493 e. The van der Waals surface area contributed by atoms with Crippen molar-refractivity contribution < 1.29 is 35.7 Å². The zero-order chi connectivity index (χ0) is 24.8. The molecule has 1 rings (SSSR count). The number of methoxy groups -OCH3 is 1. The van der Waals surface area contributed by atoms with E-state index in [1.54, 1.807) is 0 Å². The van der Waals surface area contributed by atoms with E-state index >= 15 is 0 Å². The molecule has 0 radical (unpaired) electrons. The summed E-state index contributed by atoms with van der Waals surface area (Å²) >= 11 is 0. The first-order valence-corrected chi connectivity index (χ1v) is 5.94. The van der Waals surface area contributed by atoms with E-state index in [0.29, 0.717) is 6.07 Å². The molecule has 0 bridgehead atoms. The second-order valence-electron chi connectivity index (χ2n) is 3.11. The molecule has 0 saturated carbocycles. The van der Waals surface area contributed by atoms with Crippen LogP contribution in [0.5, 0.6) is 11.5 Å². The highest BCUT2D eigenvalue weighted by atomic mass is 32.2. The van der Waals surface area contributed by atoms with E-state index in [9.17, 15) is 8.42 Å². The minimum absolute atomic E-state index is 0.466. The van der Waals surface area contributed by atoms with Crippen molar-refractivity contribution in [3.8, 4) is 11.5 Å². The normalized spacial score (nSPS) is 27.5. The van der Waals surface area contributed by atoms with Gasteiger partial charge in [0.25, 0.3) is 0 Å². The third kappa shape index (κ3) is 4.19. The van der Waals surface area contributed by atoms with Crippen molar-refractivity contribution >= 4 is 9.84 Å². The fourth-order valence-corrected chi connectivity index (χ4v) is 1.64. The summed E-state index contributed by atoms with van der Waals surface area (Å²) < 4.78 is 128. The SMILES string of the molecule is [2H]C([2H])([2H])Oc1ccc([C@H](N)C([2H])([2H])S(=O)(=O)C([2H])([2H])[2H])cc1OC([2H])([2H])C([2H])([2H])[2H]. The molecule has 0 heterocycles. The Labute approximate surface area is 126 Å². The van der Waals surface area contributed by atoms with Crippen LogP contribution in [-0.4, -0.2) is 33.9 Å². The first-order valence-electron chi connectivity index (χ1n) is 11.0. The lowest BCUT2D eigenvalue weighted by molar-refractivity contribution is 0.310. The summed E-state index contributed by atoms with van der Waals surface area (Å²) in [5, 5.41) is 0. The molecule has 0 unspecified atom stereocenters. The summed E-state index contributed by atoms with van der Waals surface area (Å²) in [6, 6.07) is 0.212. The van der Waals surface area contributed by atoms with Crippen LogP contribution in [0.1, 0.15) is 36.3 Å². The standard InChI is InChI=1S/C12H19NO4S/c1-4-17-12-7-9(5-6-11(12)16-2)10(13)8-18(3,14)15/h5-7,10H,4,8,13H2,1-3H3/t10-/m1/s1/i1D3,2D3,3D3,4D2,8D2. The molecule has 0 amide bonds. The van der Waals surface area contributed by atoms with Crippen LogP contribution in [-0.2, 0) is 9.84 Å². The van der Waals surface area contributed by atoms with E-state index in [2.05, 4.69) is 4.74 Å². The lowest BCUT2D eigenvalue weighted by atomic mass is 10.1. The Kier molecular flexibility index (Phi) is 1.58. The van der Waals surface area contributed by atoms with Crippen LogP contribution in [0.4, 0.5) is 0 Å². The molecule has 1 atom stereocenters. The third-order valence-electron chi connectivity index (χ3n) is 1.88. The molecule has 6 heteroatoms. The maximum Gasteiger partial charge on any atom is 0.161 e. The minimum Gasteiger partial charge on any atom is -0.493 e. The van der Waals surface area contributed by atoms with Crippen LogP contribution < -0.4 is 15.2 Å². The van der Waals surface area contributed by atoms with Crippen LogP contribution in [0.15, 0.2) is 18.2 Å². The van der Waals surface area contributed by atoms with Gasteiger partial charge in [-0.25, -0.2) is 8.42 Å². The van der Waals surface area contributed by atoms with Crippen molar-refractivity contribution in [1.82, 2.24) is 0 Å². The fourth-order valence-electron chi connectivity index (χ4n) is 1.17. The second kappa shape index (κ2) is 6.06. The molecule has 5 nitrogen and oxygen atoms in total. The van der Waals surface area contributed by atoms with Gasteiger partial charge in [-0.2, -0.15) is 0 Å². The summed E-state index contributed by atoms with van der Waals surface area (Å²) in [6.45, 7) is -6.71. The van der Waals surface area contributed by atoms with Crippen LogP contribution in [0, 0.1) is 0 Å². The van der Waals surface area contributed by atoms with Gasteiger partial charge in [0, 0.05) is 23.2 Å². The van der Waals surface area contributed by atoms with Gasteiger partial charge in [0.2, 0.25) is 0 Å². The van der Waals surface area contributed by atoms with Gasteiger partial charge in [0.05, 0.1) is 26.2 Å². The molecule has 0 fully saturated rings. The molecule has 1 aromatic carbocycles. The number of hydrogen-bond donors (Lipinski definition) is 1. The predicted molar refractivity (Wildman–Crippen MR) is 70.8 cm³/mol. The van der Waals surface area contributed by atoms with Gasteiger partial charge < -0.3 is 15.2 Å². The molecule has 0 aliphatic carbocycles. The topological polar surface area (TPSA) is 78.6 Å². The maximum absolute atomic E-state index is 12.1. The van der Waals surface area contributed by atoms with Crippen LogP contribution in [0.2, 0.25) is 0 Å². The Morgan fingerprint density at radius 2 is 2.33 bits per heavy atom. The van der Waals surface area contributed by atoms with Crippen LogP contribution in [0.3, 0.4) is 0 Å². The lowest BCUT2D eigenvalue weighted by Crippen LogP contribution is -2.20. The molecule has 1 aromatic rings. The molecule has 0 aliphatic heterocycles. The molecule has 102 valence electrons. The molecular weight excluding hydrogens is 254 g/mol. The third-order valence-corrected chi connectivity index (χ3v) is 2.44. The monoisotopic (exact) mass is 286 g/mol. The molecule has 18 heavy (non-hydrogen) atoms. The Morgan fingerprint density at radius 1 is 1.50 bits per heavy atom. The molecule has 0 aromatic heterocycles. The van der Waals surface area contributed by atoms with Gasteiger partial charge >= 0.3 is 0 Å². The summed E-state index contributed by atoms with van der Waals surface area (Å²) in [7, 11) is -8.53. The van der Waals surface area contributed by atoms with E-state index in [0.717, 1.165) is 12.1 Å². The minimum atomic E-state index is -5.45. The fraction of sp³-hybridized carbons (Fsp3) is 0.500. The molecule has 0 saturated heterocycles. The van der Waals surface area contributed by atoms with Gasteiger partial charge in [-0.05, 0) is 24.5 Å². The Bertz CT molecular complexity index is 905. The average molecular weight is 286 g/mol. The smallest absolute Gasteiger partial charge is 0.161 e. The highest BCUT2D eigenvalue weighted by Gasteiger charge is 2.15. The first-order chi connectivity index (χ1) is 13.4. The van der Waals surface area contributed by atoms with Crippen LogP contribution in [0.25, 0.3) is 0 Å². The van der Waals surface area contributed by atoms with Crippen molar-refractivity contribution in [2.24, 2.45) is 5.73 Å². The van der Waals surface area contributed by atoms with Crippen molar-refractivity contribution in [1.29, 1.82) is 0 Å². The number of ether oxygens (including phenoxy) is 2. The van der Waals surface area contributed by atoms with Gasteiger partial charge in [0.1, 0.15) is 9.84 Å². The van der Waals surface area contributed by atoms with Crippen LogP contribution >= 0.6 is 0 Å². The average Bonchev–Trinajstić information content (AvgIpc) is 2.51. The van der Waals surface area contributed by atoms with Gasteiger partial charge in [-0.15, -0.1) is 0 Å². The highest BCUT2D eigenvalue weighted by molar-refractivity contribution is 7.90. The first kappa shape index (κ1) is 4.68. The maximum atomic E-state index is 12.1. The number of nitrogens with two attached hydrogens (primary N) is 1. The molecule has 2 N–H and O–H groups in total. The molecule has 0 aliphatic rings. The summed E-state index contributed by atoms with van der Waals surface area (Å²) in [4.78, 5) is 0. The zero-order valence-electron chi connectivity index (χ0n) is 21.9. The van der Waals surface area contributed by atoms with Crippen molar-refractivity contribution in [2.75, 3.05) is 25.5 Å². The highest BCUT2D eigenvalue weighted by Crippen LogP contribution is 2.30. The van der Waals surface area contributed by atoms with E-state index in [1.807, 2.05) is 0 Å². The zero-order valence-corrected chi connectivity index (χ0v) is 9.74. The van der Waals surface area contributed by atoms with Gasteiger partial charge in [-0.1, -0.05) is 6.07 Å². The van der Waals surface area contributed by atoms with Crippen molar-refractivity contribution in [2.45, 2.75) is 12.9 Å². The van der Waals surface area contributed by atoms with E-state index in [4.69, 9.17) is 28.3 Å². The number of benzene rings is 1. The summed E-state index contributed by atoms with van der Waals surface area (Å²) in [5.74, 6) is -1.52.